The Balaban J connectivity index is 2.52. The number of benzene rings is 1. The number of hydrogen-bond donors (Lipinski definition) is 0. The summed E-state index contributed by atoms with van der Waals surface area (Å²) in [4.78, 5) is 11.3. The molecule has 0 amide bonds. The summed E-state index contributed by atoms with van der Waals surface area (Å²) in [5, 5.41) is 8.58. The van der Waals surface area contributed by atoms with Gasteiger partial charge in [0.2, 0.25) is 0 Å². The lowest BCUT2D eigenvalue weighted by Crippen LogP contribution is -1.94. The molecule has 64 valence electrons. The highest BCUT2D eigenvalue weighted by Gasteiger charge is 2.20. The molecule has 1 aromatic rings. The maximum atomic E-state index is 11.3. The van der Waals surface area contributed by atoms with Crippen LogP contribution in [0.4, 0.5) is 0 Å². The number of rotatable bonds is 1. The second-order valence-electron chi connectivity index (χ2n) is 3.20. The molecule has 0 heterocycles. The van der Waals surface area contributed by atoms with Crippen LogP contribution in [0.2, 0.25) is 0 Å². The molecule has 13 heavy (non-hydrogen) atoms. The van der Waals surface area contributed by atoms with E-state index in [1.54, 1.807) is 0 Å². The van der Waals surface area contributed by atoms with Crippen LogP contribution in [-0.4, -0.2) is 5.78 Å². The van der Waals surface area contributed by atoms with E-state index in [-0.39, 0.29) is 5.78 Å². The minimum Gasteiger partial charge on any atom is -0.294 e. The highest BCUT2D eigenvalue weighted by molar-refractivity contribution is 6.00. The van der Waals surface area contributed by atoms with Crippen molar-refractivity contribution in [3.8, 4) is 6.07 Å². The predicted octanol–water partition coefficient (Wildman–Crippen LogP) is 1.88. The van der Waals surface area contributed by atoms with Gasteiger partial charge in [-0.05, 0) is 17.5 Å². The molecule has 0 bridgehead atoms. The van der Waals surface area contributed by atoms with Crippen molar-refractivity contribution in [1.29, 1.82) is 5.26 Å². The maximum absolute atomic E-state index is 11.3. The van der Waals surface area contributed by atoms with Crippen LogP contribution in [0, 0.1) is 11.3 Å². The molecule has 0 saturated heterocycles. The Kier molecular flexibility index (Phi) is 1.86. The van der Waals surface area contributed by atoms with Gasteiger partial charge in [-0.1, -0.05) is 18.2 Å². The minimum atomic E-state index is 0.217. The third-order valence-corrected chi connectivity index (χ3v) is 2.45. The summed E-state index contributed by atoms with van der Waals surface area (Å²) >= 11 is 0. The number of hydrogen-bond acceptors (Lipinski definition) is 2. The number of Topliss-reactive ketones (excluding diaryl/α,β-unsaturated/α-hetero) is 1. The largest absolute Gasteiger partial charge is 0.294 e. The normalized spacial score (nSPS) is 13.9. The fraction of sp³-hybridized carbons (Fsp3) is 0.273. The van der Waals surface area contributed by atoms with Gasteiger partial charge in [0.1, 0.15) is 0 Å². The van der Waals surface area contributed by atoms with Crippen LogP contribution < -0.4 is 0 Å². The van der Waals surface area contributed by atoms with Gasteiger partial charge in [-0.15, -0.1) is 0 Å². The summed E-state index contributed by atoms with van der Waals surface area (Å²) < 4.78 is 0. The van der Waals surface area contributed by atoms with Crippen LogP contribution in [-0.2, 0) is 12.8 Å². The van der Waals surface area contributed by atoms with Crippen molar-refractivity contribution in [2.24, 2.45) is 0 Å². The molecule has 1 aliphatic rings. The summed E-state index contributed by atoms with van der Waals surface area (Å²) in [5.41, 5.74) is 2.94. The lowest BCUT2D eigenvalue weighted by molar-refractivity contribution is 0.0994. The number of nitrogens with zero attached hydrogens (tertiary/aromatic N) is 1. The standard InChI is InChI=1S/C11H9NO/c12-7-6-8-2-1-3-10-9(8)4-5-11(10)13/h1-3H,4-6H2. The van der Waals surface area contributed by atoms with Gasteiger partial charge in [0.05, 0.1) is 12.5 Å². The zero-order valence-corrected chi connectivity index (χ0v) is 7.21. The van der Waals surface area contributed by atoms with Crippen molar-refractivity contribution in [3.63, 3.8) is 0 Å². The zero-order chi connectivity index (χ0) is 9.26. The molecule has 0 radical (unpaired) electrons. The SMILES string of the molecule is N#CCc1cccc2c1CCC2=O. The Hall–Kier alpha value is -1.62. The first-order valence-electron chi connectivity index (χ1n) is 4.34. The van der Waals surface area contributed by atoms with E-state index in [9.17, 15) is 4.79 Å². The first kappa shape index (κ1) is 8.00. The monoisotopic (exact) mass is 171 g/mol. The second kappa shape index (κ2) is 3.02. The molecule has 0 aromatic heterocycles. The fourth-order valence-electron chi connectivity index (χ4n) is 1.82. The van der Waals surface area contributed by atoms with Crippen molar-refractivity contribution in [2.75, 3.05) is 0 Å². The van der Waals surface area contributed by atoms with E-state index in [2.05, 4.69) is 6.07 Å². The summed E-state index contributed by atoms with van der Waals surface area (Å²) in [6.45, 7) is 0. The summed E-state index contributed by atoms with van der Waals surface area (Å²) in [7, 11) is 0. The molecule has 0 saturated carbocycles. The average Bonchev–Trinajstić information content (AvgIpc) is 2.50. The van der Waals surface area contributed by atoms with E-state index in [4.69, 9.17) is 5.26 Å². The molecule has 1 aromatic carbocycles. The molecule has 2 nitrogen and oxygen atoms in total. The lowest BCUT2D eigenvalue weighted by Gasteiger charge is -2.02. The van der Waals surface area contributed by atoms with Gasteiger partial charge in [0.15, 0.2) is 5.78 Å². The van der Waals surface area contributed by atoms with Crippen molar-refractivity contribution < 1.29 is 4.79 Å². The van der Waals surface area contributed by atoms with Crippen molar-refractivity contribution in [3.05, 3.63) is 34.9 Å². The number of nitriles is 1. The summed E-state index contributed by atoms with van der Waals surface area (Å²) in [6.07, 6.45) is 1.83. The molecule has 1 aliphatic carbocycles. The van der Waals surface area contributed by atoms with Gasteiger partial charge >= 0.3 is 0 Å². The number of ketones is 1. The van der Waals surface area contributed by atoms with Gasteiger partial charge in [-0.25, -0.2) is 0 Å². The molecule has 0 N–H and O–H groups in total. The Morgan fingerprint density at radius 2 is 2.23 bits per heavy atom. The van der Waals surface area contributed by atoms with Crippen LogP contribution in [0.15, 0.2) is 18.2 Å². The smallest absolute Gasteiger partial charge is 0.163 e. The molecule has 0 spiro atoms. The van der Waals surface area contributed by atoms with E-state index in [1.807, 2.05) is 18.2 Å². The molecule has 0 fully saturated rings. The summed E-state index contributed by atoms with van der Waals surface area (Å²) in [6, 6.07) is 7.76. The van der Waals surface area contributed by atoms with Crippen LogP contribution in [0.1, 0.15) is 27.9 Å². The highest BCUT2D eigenvalue weighted by atomic mass is 16.1. The van der Waals surface area contributed by atoms with Crippen LogP contribution >= 0.6 is 0 Å². The Morgan fingerprint density at radius 1 is 1.38 bits per heavy atom. The average molecular weight is 171 g/mol. The predicted molar refractivity (Wildman–Crippen MR) is 48.4 cm³/mol. The molecular weight excluding hydrogens is 162 g/mol. The van der Waals surface area contributed by atoms with E-state index >= 15 is 0 Å². The van der Waals surface area contributed by atoms with Gasteiger partial charge in [-0.2, -0.15) is 5.26 Å². The number of fused-ring (bicyclic) bond motifs is 1. The fourth-order valence-corrected chi connectivity index (χ4v) is 1.82. The summed E-state index contributed by atoms with van der Waals surface area (Å²) in [5.74, 6) is 0.217. The first-order valence-corrected chi connectivity index (χ1v) is 4.34. The molecule has 0 atom stereocenters. The molecule has 0 aliphatic heterocycles. The molecule has 2 heteroatoms. The molecule has 2 rings (SSSR count). The number of carbonyl (C=O) groups is 1. The maximum Gasteiger partial charge on any atom is 0.163 e. The second-order valence-corrected chi connectivity index (χ2v) is 3.20. The van der Waals surface area contributed by atoms with Gasteiger partial charge in [0, 0.05) is 12.0 Å². The van der Waals surface area contributed by atoms with E-state index < -0.39 is 0 Å². The van der Waals surface area contributed by atoms with E-state index in [0.29, 0.717) is 12.8 Å². The van der Waals surface area contributed by atoms with Gasteiger partial charge in [0.25, 0.3) is 0 Å². The zero-order valence-electron chi connectivity index (χ0n) is 7.21. The highest BCUT2D eigenvalue weighted by Crippen LogP contribution is 2.25. The quantitative estimate of drug-likeness (QED) is 0.647. The number of carbonyl (C=O) groups excluding carboxylic acids is 1. The van der Waals surface area contributed by atoms with Crippen LogP contribution in [0.25, 0.3) is 0 Å². The third-order valence-electron chi connectivity index (χ3n) is 2.45. The lowest BCUT2D eigenvalue weighted by atomic mass is 10.0. The molecular formula is C11H9NO. The Labute approximate surface area is 76.8 Å². The van der Waals surface area contributed by atoms with Gasteiger partial charge < -0.3 is 0 Å². The van der Waals surface area contributed by atoms with Crippen molar-refractivity contribution in [1.82, 2.24) is 0 Å². The van der Waals surface area contributed by atoms with Crippen molar-refractivity contribution in [2.45, 2.75) is 19.3 Å². The van der Waals surface area contributed by atoms with Crippen LogP contribution in [0.5, 0.6) is 0 Å². The third kappa shape index (κ3) is 1.23. The molecule has 0 unspecified atom stereocenters. The van der Waals surface area contributed by atoms with E-state index in [0.717, 1.165) is 23.1 Å². The van der Waals surface area contributed by atoms with Gasteiger partial charge in [-0.3, -0.25) is 4.79 Å². The van der Waals surface area contributed by atoms with Crippen molar-refractivity contribution >= 4 is 5.78 Å². The van der Waals surface area contributed by atoms with Crippen LogP contribution in [0.3, 0.4) is 0 Å². The van der Waals surface area contributed by atoms with E-state index in [1.165, 1.54) is 0 Å². The minimum absolute atomic E-state index is 0.217. The Morgan fingerprint density at radius 3 is 3.00 bits per heavy atom. The Bertz CT molecular complexity index is 401. The topological polar surface area (TPSA) is 40.9 Å². The first-order chi connectivity index (χ1) is 6.33.